The minimum Gasteiger partial charge on any atom is -0.491 e. The number of allylic oxidation sites excluding steroid dienone is 4. The van der Waals surface area contributed by atoms with E-state index in [-0.39, 0.29) is 46.7 Å². The lowest BCUT2D eigenvalue weighted by atomic mass is 10.0. The highest BCUT2D eigenvalue weighted by molar-refractivity contribution is 8.03. The first-order valence-corrected chi connectivity index (χ1v) is 20.4. The van der Waals surface area contributed by atoms with Crippen molar-refractivity contribution < 1.29 is 68.3 Å². The third-order valence-electron chi connectivity index (χ3n) is 8.06. The number of rotatable bonds is 32. The largest absolute Gasteiger partial charge is 0.491 e. The summed E-state index contributed by atoms with van der Waals surface area (Å²) in [7, 11) is 0. The second-order valence-electron chi connectivity index (χ2n) is 13.6. The van der Waals surface area contributed by atoms with Crippen molar-refractivity contribution in [3.05, 3.63) is 48.3 Å². The molecular weight excluding hydrogens is 819 g/mol. The molecule has 4 unspecified atom stereocenters. The topological polar surface area (TPSA) is 360 Å². The number of ketones is 5. The van der Waals surface area contributed by atoms with Crippen LogP contribution >= 0.6 is 11.8 Å². The first-order chi connectivity index (χ1) is 28.2. The van der Waals surface area contributed by atoms with Gasteiger partial charge in [0, 0.05) is 31.7 Å². The summed E-state index contributed by atoms with van der Waals surface area (Å²) in [6.07, 6.45) is 7.34. The number of nitrogens with one attached hydrogen (secondary N) is 1. The fourth-order valence-corrected chi connectivity index (χ4v) is 4.67. The van der Waals surface area contributed by atoms with E-state index in [1.54, 1.807) is 0 Å². The summed E-state index contributed by atoms with van der Waals surface area (Å²) >= 11 is 1.41. The van der Waals surface area contributed by atoms with E-state index in [0.717, 1.165) is 25.0 Å². The van der Waals surface area contributed by atoms with Crippen molar-refractivity contribution in [2.45, 2.75) is 135 Å². The summed E-state index contributed by atoms with van der Waals surface area (Å²) in [5.41, 5.74) is 21.6. The number of Topliss-reactive ketones (excluding diaryl/α,β-unsaturated/α-hetero) is 5. The molecule has 348 valence electrons. The SMILES string of the molecule is C=C(C(C)=O)C(=O)CCCCC(N)C(=O)O.C=C(NCCCCC(N)C(=O)O)C(C)=O.C=C(OCCCCC(N)C(=O)O)C(C)=O.C=C(SCCCCC(N)C(=O)O)C(C)=O. The molecule has 0 aliphatic heterocycles. The van der Waals surface area contributed by atoms with Crippen molar-refractivity contribution in [2.24, 2.45) is 22.9 Å². The highest BCUT2D eigenvalue weighted by atomic mass is 32.2. The molecule has 0 spiro atoms. The Bertz CT molecular complexity index is 1380. The van der Waals surface area contributed by atoms with Gasteiger partial charge in [0.05, 0.1) is 17.9 Å². The summed E-state index contributed by atoms with van der Waals surface area (Å²) in [5, 5.41) is 36.8. The minimum atomic E-state index is -1.04. The number of aliphatic carboxylic acids is 4. The molecule has 0 rings (SSSR count). The highest BCUT2D eigenvalue weighted by Gasteiger charge is 2.14. The van der Waals surface area contributed by atoms with Crippen LogP contribution < -0.4 is 28.3 Å². The number of ether oxygens (including phenoxy) is 1. The van der Waals surface area contributed by atoms with Gasteiger partial charge in [-0.3, -0.25) is 43.2 Å². The van der Waals surface area contributed by atoms with E-state index in [1.165, 1.54) is 39.5 Å². The van der Waals surface area contributed by atoms with Gasteiger partial charge in [0.25, 0.3) is 0 Å². The van der Waals surface area contributed by atoms with Gasteiger partial charge in [-0.25, -0.2) is 0 Å². The molecule has 0 heterocycles. The van der Waals surface area contributed by atoms with Gasteiger partial charge in [0.15, 0.2) is 34.7 Å². The Morgan fingerprint density at radius 3 is 1.30 bits per heavy atom. The van der Waals surface area contributed by atoms with Gasteiger partial charge >= 0.3 is 23.9 Å². The monoisotopic (exact) mass is 887 g/mol. The zero-order valence-electron chi connectivity index (χ0n) is 36.0. The Morgan fingerprint density at radius 1 is 0.541 bits per heavy atom. The average molecular weight is 888 g/mol. The molecule has 4 atom stereocenters. The van der Waals surface area contributed by atoms with Crippen molar-refractivity contribution in [3.8, 4) is 0 Å². The Labute approximate surface area is 362 Å². The molecule has 61 heavy (non-hydrogen) atoms. The number of hydrogen-bond donors (Lipinski definition) is 9. The number of hydrogen-bond acceptors (Lipinski definition) is 16. The van der Waals surface area contributed by atoms with Gasteiger partial charge < -0.3 is 53.4 Å². The lowest BCUT2D eigenvalue weighted by molar-refractivity contribution is -0.139. The lowest BCUT2D eigenvalue weighted by Crippen LogP contribution is -2.30. The summed E-state index contributed by atoms with van der Waals surface area (Å²) < 4.78 is 5.01. The first kappa shape index (κ1) is 62.6. The third-order valence-corrected chi connectivity index (χ3v) is 9.19. The quantitative estimate of drug-likeness (QED) is 0.0154. The number of unbranched alkanes of at least 4 members (excludes halogenated alkanes) is 4. The Hall–Kier alpha value is -5.02. The second-order valence-corrected chi connectivity index (χ2v) is 14.8. The van der Waals surface area contributed by atoms with Gasteiger partial charge in [-0.2, -0.15) is 0 Å². The van der Waals surface area contributed by atoms with Crippen molar-refractivity contribution in [3.63, 3.8) is 0 Å². The lowest BCUT2D eigenvalue weighted by Gasteiger charge is -2.07. The van der Waals surface area contributed by atoms with Gasteiger partial charge in [-0.15, -0.1) is 11.8 Å². The Kier molecular flexibility index (Phi) is 39.0. The van der Waals surface area contributed by atoms with Crippen LogP contribution in [-0.2, 0) is 47.9 Å². The van der Waals surface area contributed by atoms with Crippen LogP contribution in [0.5, 0.6) is 0 Å². The molecule has 13 N–H and O–H groups in total. The van der Waals surface area contributed by atoms with E-state index in [4.69, 9.17) is 48.1 Å². The fraction of sp³-hybridized carbons (Fsp3) is 0.585. The first-order valence-electron chi connectivity index (χ1n) is 19.5. The molecule has 0 aromatic heterocycles. The molecule has 0 fully saturated rings. The summed E-state index contributed by atoms with van der Waals surface area (Å²) in [4.78, 5) is 96.3. The number of carboxylic acid groups (broad SMARTS) is 4. The Morgan fingerprint density at radius 2 is 0.934 bits per heavy atom. The standard InChI is InChI=1S/C11H17NO4.C10H18N2O3.C10H17NO4.C10H17NO3S/c1-7(8(2)13)10(14)6-4-3-5-9(12)11(15)16;1-7(8(2)13)12-6-4-3-5-9(11)10(14)15;2*1-7(12)8(2)15-6-4-3-5-9(11)10(13)14/h9H,1,3-6,12H2,2H3,(H,15,16);9,12H,1,3-6,11H2,2H3,(H,14,15);2*9H,2-6,11H2,1H3,(H,13,14). The Balaban J connectivity index is -0.000000355. The van der Waals surface area contributed by atoms with Crippen LogP contribution in [0, 0.1) is 0 Å². The molecule has 0 radical (unpaired) electrons. The van der Waals surface area contributed by atoms with Crippen LogP contribution in [-0.4, -0.2) is 116 Å². The van der Waals surface area contributed by atoms with Crippen LogP contribution in [0.3, 0.4) is 0 Å². The molecular formula is C41H69N5O14S. The molecule has 0 aliphatic rings. The van der Waals surface area contributed by atoms with Crippen molar-refractivity contribution >= 4 is 64.6 Å². The van der Waals surface area contributed by atoms with Crippen LogP contribution in [0.1, 0.15) is 111 Å². The number of carboxylic acids is 4. The normalized spacial score (nSPS) is 11.9. The van der Waals surface area contributed by atoms with Crippen molar-refractivity contribution in [1.29, 1.82) is 0 Å². The summed E-state index contributed by atoms with van der Waals surface area (Å²) in [6.45, 7) is 20.5. The third kappa shape index (κ3) is 40.2. The van der Waals surface area contributed by atoms with Crippen LogP contribution in [0.2, 0.25) is 0 Å². The van der Waals surface area contributed by atoms with Crippen LogP contribution in [0.15, 0.2) is 48.3 Å². The van der Waals surface area contributed by atoms with E-state index >= 15 is 0 Å². The van der Waals surface area contributed by atoms with Gasteiger partial charge in [0.1, 0.15) is 24.2 Å². The number of nitrogens with two attached hydrogens (primary N) is 4. The molecule has 0 aromatic rings. The van der Waals surface area contributed by atoms with Crippen LogP contribution in [0.25, 0.3) is 0 Å². The molecule has 0 saturated carbocycles. The molecule has 0 bridgehead atoms. The van der Waals surface area contributed by atoms with E-state index in [2.05, 4.69) is 31.6 Å². The summed E-state index contributed by atoms with van der Waals surface area (Å²) in [5.74, 6) is -3.96. The number of thioether (sulfide) groups is 1. The molecule has 19 nitrogen and oxygen atoms in total. The van der Waals surface area contributed by atoms with Crippen molar-refractivity contribution in [2.75, 3.05) is 18.9 Å². The van der Waals surface area contributed by atoms with E-state index < -0.39 is 48.0 Å². The van der Waals surface area contributed by atoms with E-state index in [1.807, 2.05) is 0 Å². The predicted molar refractivity (Wildman–Crippen MR) is 233 cm³/mol. The predicted octanol–water partition coefficient (Wildman–Crippen LogP) is 3.03. The molecule has 0 saturated heterocycles. The van der Waals surface area contributed by atoms with E-state index in [9.17, 15) is 43.2 Å². The minimum absolute atomic E-state index is 0.00235. The maximum absolute atomic E-state index is 11.3. The smallest absolute Gasteiger partial charge is 0.320 e. The number of carbonyl (C=O) groups excluding carboxylic acids is 5. The van der Waals surface area contributed by atoms with Crippen LogP contribution in [0.4, 0.5) is 0 Å². The average Bonchev–Trinajstić information content (AvgIpc) is 3.18. The zero-order valence-corrected chi connectivity index (χ0v) is 36.9. The molecule has 0 aromatic carbocycles. The van der Waals surface area contributed by atoms with Gasteiger partial charge in [-0.05, 0) is 83.8 Å². The maximum Gasteiger partial charge on any atom is 0.320 e. The molecule has 0 amide bonds. The molecule has 20 heteroatoms. The van der Waals surface area contributed by atoms with E-state index in [0.29, 0.717) is 81.5 Å². The highest BCUT2D eigenvalue weighted by Crippen LogP contribution is 2.16. The fourth-order valence-electron chi connectivity index (χ4n) is 3.87. The number of carbonyl (C=O) groups is 9. The molecule has 0 aliphatic carbocycles. The van der Waals surface area contributed by atoms with Gasteiger partial charge in [-0.1, -0.05) is 39.2 Å². The second kappa shape index (κ2) is 37.9. The summed E-state index contributed by atoms with van der Waals surface area (Å²) in [6, 6.07) is -3.26. The zero-order chi connectivity index (χ0) is 48.2. The van der Waals surface area contributed by atoms with Crippen molar-refractivity contribution in [1.82, 2.24) is 5.32 Å². The van der Waals surface area contributed by atoms with Gasteiger partial charge in [0.2, 0.25) is 0 Å². The maximum atomic E-state index is 11.3.